The molecule has 2 heterocycles. The fraction of sp³-hybridized carbons (Fsp3) is 0.333. The number of nitrogen functional groups attached to an aromatic ring is 1. The number of aromatic nitrogens is 2. The highest BCUT2D eigenvalue weighted by atomic mass is 15.2. The third kappa shape index (κ3) is 2.68. The van der Waals surface area contributed by atoms with Crippen LogP contribution >= 0.6 is 0 Å². The number of anilines is 2. The Morgan fingerprint density at radius 1 is 1.13 bits per heavy atom. The quantitative estimate of drug-likeness (QED) is 0.829. The van der Waals surface area contributed by atoms with Crippen LogP contribution in [0.1, 0.15) is 29.7 Å². The zero-order valence-corrected chi connectivity index (χ0v) is 13.1. The van der Waals surface area contributed by atoms with Crippen molar-refractivity contribution >= 4 is 17.1 Å². The second-order valence-corrected chi connectivity index (χ2v) is 6.33. The third-order valence-corrected chi connectivity index (χ3v) is 4.71. The van der Waals surface area contributed by atoms with Gasteiger partial charge in [0.1, 0.15) is 5.82 Å². The van der Waals surface area contributed by atoms with E-state index in [1.807, 2.05) is 24.5 Å². The minimum absolute atomic E-state index is 0.315. The van der Waals surface area contributed by atoms with Gasteiger partial charge < -0.3 is 16.4 Å². The number of hydrogen-bond acceptors (Lipinski definition) is 5. The van der Waals surface area contributed by atoms with Gasteiger partial charge in [-0.3, -0.25) is 4.98 Å². The first-order valence-electron chi connectivity index (χ1n) is 8.12. The SMILES string of the molecule is Nc1ccc2c(c1)C(c1cncc(N3CCC(N)CC3)n1)=CC2. The summed E-state index contributed by atoms with van der Waals surface area (Å²) in [5, 5.41) is 0. The molecule has 1 saturated heterocycles. The molecule has 0 unspecified atom stereocenters. The van der Waals surface area contributed by atoms with Gasteiger partial charge in [0, 0.05) is 30.4 Å². The van der Waals surface area contributed by atoms with Crippen LogP contribution in [0, 0.1) is 0 Å². The van der Waals surface area contributed by atoms with Crippen molar-refractivity contribution in [1.82, 2.24) is 9.97 Å². The van der Waals surface area contributed by atoms with Gasteiger partial charge in [0.25, 0.3) is 0 Å². The van der Waals surface area contributed by atoms with Crippen LogP contribution in [0.4, 0.5) is 11.5 Å². The Balaban J connectivity index is 1.64. The molecule has 1 aromatic heterocycles. The number of hydrogen-bond donors (Lipinski definition) is 2. The molecule has 23 heavy (non-hydrogen) atoms. The van der Waals surface area contributed by atoms with E-state index in [9.17, 15) is 0 Å². The van der Waals surface area contributed by atoms with Gasteiger partial charge in [0.2, 0.25) is 0 Å². The van der Waals surface area contributed by atoms with Crippen molar-refractivity contribution < 1.29 is 0 Å². The third-order valence-electron chi connectivity index (χ3n) is 4.71. The van der Waals surface area contributed by atoms with Crippen LogP contribution in [-0.2, 0) is 6.42 Å². The molecular formula is C18H21N5. The molecule has 0 radical (unpaired) electrons. The maximum atomic E-state index is 5.99. The maximum absolute atomic E-state index is 5.99. The first-order valence-corrected chi connectivity index (χ1v) is 8.12. The molecule has 1 fully saturated rings. The average Bonchev–Trinajstić information content (AvgIpc) is 2.98. The van der Waals surface area contributed by atoms with E-state index in [-0.39, 0.29) is 0 Å². The normalized spacial score (nSPS) is 18.0. The van der Waals surface area contributed by atoms with Crippen molar-refractivity contribution in [1.29, 1.82) is 0 Å². The molecule has 118 valence electrons. The van der Waals surface area contributed by atoms with Gasteiger partial charge in [-0.1, -0.05) is 12.1 Å². The fourth-order valence-corrected chi connectivity index (χ4v) is 3.35. The average molecular weight is 307 g/mol. The Morgan fingerprint density at radius 3 is 2.78 bits per heavy atom. The van der Waals surface area contributed by atoms with Gasteiger partial charge in [-0.2, -0.15) is 0 Å². The summed E-state index contributed by atoms with van der Waals surface area (Å²) >= 11 is 0. The summed E-state index contributed by atoms with van der Waals surface area (Å²) in [6.07, 6.45) is 8.83. The zero-order valence-electron chi connectivity index (χ0n) is 13.1. The van der Waals surface area contributed by atoms with Gasteiger partial charge in [0.05, 0.1) is 18.1 Å². The smallest absolute Gasteiger partial charge is 0.147 e. The molecule has 4 N–H and O–H groups in total. The molecule has 1 aliphatic heterocycles. The first kappa shape index (κ1) is 14.2. The van der Waals surface area contributed by atoms with E-state index in [4.69, 9.17) is 16.5 Å². The number of benzene rings is 1. The molecule has 2 aromatic rings. The highest BCUT2D eigenvalue weighted by Crippen LogP contribution is 2.33. The van der Waals surface area contributed by atoms with Gasteiger partial charge >= 0.3 is 0 Å². The molecule has 0 atom stereocenters. The fourth-order valence-electron chi connectivity index (χ4n) is 3.35. The number of fused-ring (bicyclic) bond motifs is 1. The summed E-state index contributed by atoms with van der Waals surface area (Å²) < 4.78 is 0. The van der Waals surface area contributed by atoms with Crippen molar-refractivity contribution in [2.75, 3.05) is 23.7 Å². The Morgan fingerprint density at radius 2 is 1.96 bits per heavy atom. The number of allylic oxidation sites excluding steroid dienone is 1. The van der Waals surface area contributed by atoms with Crippen LogP contribution in [-0.4, -0.2) is 29.1 Å². The molecule has 4 rings (SSSR count). The number of rotatable bonds is 2. The van der Waals surface area contributed by atoms with Crippen LogP contribution < -0.4 is 16.4 Å². The van der Waals surface area contributed by atoms with E-state index in [1.165, 1.54) is 11.1 Å². The molecule has 1 aliphatic carbocycles. The Hall–Kier alpha value is -2.40. The highest BCUT2D eigenvalue weighted by molar-refractivity contribution is 5.84. The largest absolute Gasteiger partial charge is 0.399 e. The van der Waals surface area contributed by atoms with E-state index in [0.717, 1.165) is 55.1 Å². The first-order chi connectivity index (χ1) is 11.2. The summed E-state index contributed by atoms with van der Waals surface area (Å²) in [6.45, 7) is 1.89. The predicted octanol–water partition coefficient (Wildman–Crippen LogP) is 1.97. The standard InChI is InChI=1S/C18H21N5/c19-13-5-7-23(8-6-13)18-11-21-10-17(22-18)15-4-2-12-1-3-14(20)9-16(12)15/h1,3-4,9-11,13H,2,5-8,19-20H2. The van der Waals surface area contributed by atoms with Crippen molar-refractivity contribution in [3.8, 4) is 0 Å². The Kier molecular flexibility index (Phi) is 3.50. The molecule has 2 aliphatic rings. The van der Waals surface area contributed by atoms with Crippen LogP contribution in [0.3, 0.4) is 0 Å². The predicted molar refractivity (Wildman–Crippen MR) is 93.1 cm³/mol. The Bertz CT molecular complexity index is 760. The van der Waals surface area contributed by atoms with Gasteiger partial charge in [-0.15, -0.1) is 0 Å². The minimum Gasteiger partial charge on any atom is -0.399 e. The number of piperidine rings is 1. The van der Waals surface area contributed by atoms with Crippen molar-refractivity contribution in [3.63, 3.8) is 0 Å². The van der Waals surface area contributed by atoms with E-state index < -0.39 is 0 Å². The molecule has 5 heteroatoms. The molecule has 0 amide bonds. The molecule has 0 bridgehead atoms. The van der Waals surface area contributed by atoms with E-state index >= 15 is 0 Å². The van der Waals surface area contributed by atoms with E-state index in [2.05, 4.69) is 22.0 Å². The summed E-state index contributed by atoms with van der Waals surface area (Å²) in [5.41, 5.74) is 17.2. The van der Waals surface area contributed by atoms with Gasteiger partial charge in [0.15, 0.2) is 0 Å². The lowest BCUT2D eigenvalue weighted by Gasteiger charge is -2.31. The van der Waals surface area contributed by atoms with Crippen LogP contribution in [0.15, 0.2) is 36.7 Å². The molecule has 0 saturated carbocycles. The van der Waals surface area contributed by atoms with E-state index in [1.54, 1.807) is 0 Å². The maximum Gasteiger partial charge on any atom is 0.147 e. The monoisotopic (exact) mass is 307 g/mol. The second-order valence-electron chi connectivity index (χ2n) is 6.33. The van der Waals surface area contributed by atoms with Crippen LogP contribution in [0.25, 0.3) is 5.57 Å². The molecule has 5 nitrogen and oxygen atoms in total. The summed E-state index contributed by atoms with van der Waals surface area (Å²) in [5.74, 6) is 0.938. The lowest BCUT2D eigenvalue weighted by molar-refractivity contribution is 0.498. The molecule has 1 aromatic carbocycles. The zero-order chi connectivity index (χ0) is 15.8. The summed E-state index contributed by atoms with van der Waals surface area (Å²) in [7, 11) is 0. The number of nitrogens with two attached hydrogens (primary N) is 2. The highest BCUT2D eigenvalue weighted by Gasteiger charge is 2.20. The van der Waals surface area contributed by atoms with Gasteiger partial charge in [-0.05, 0) is 42.5 Å². The second kappa shape index (κ2) is 5.66. The van der Waals surface area contributed by atoms with Crippen molar-refractivity contribution in [2.45, 2.75) is 25.3 Å². The van der Waals surface area contributed by atoms with Crippen molar-refractivity contribution in [2.24, 2.45) is 5.73 Å². The lowest BCUT2D eigenvalue weighted by atomic mass is 10.0. The van der Waals surface area contributed by atoms with Gasteiger partial charge in [-0.25, -0.2) is 4.98 Å². The molecule has 0 spiro atoms. The van der Waals surface area contributed by atoms with Crippen LogP contribution in [0.5, 0.6) is 0 Å². The van der Waals surface area contributed by atoms with Crippen LogP contribution in [0.2, 0.25) is 0 Å². The topological polar surface area (TPSA) is 81.1 Å². The molecular weight excluding hydrogens is 286 g/mol. The lowest BCUT2D eigenvalue weighted by Crippen LogP contribution is -2.40. The summed E-state index contributed by atoms with van der Waals surface area (Å²) in [4.78, 5) is 11.5. The minimum atomic E-state index is 0.315. The van der Waals surface area contributed by atoms with Crippen molar-refractivity contribution in [3.05, 3.63) is 53.5 Å². The Labute approximate surface area is 136 Å². The number of nitrogens with zero attached hydrogens (tertiary/aromatic N) is 3. The summed E-state index contributed by atoms with van der Waals surface area (Å²) in [6, 6.07) is 6.39. The van der Waals surface area contributed by atoms with E-state index in [0.29, 0.717) is 6.04 Å².